The van der Waals surface area contributed by atoms with Crippen LogP contribution in [-0.4, -0.2) is 17.6 Å². The van der Waals surface area contributed by atoms with Gasteiger partial charge in [-0.05, 0) is 37.0 Å². The first-order valence-electron chi connectivity index (χ1n) is 7.73. The Balaban J connectivity index is 1.71. The Morgan fingerprint density at radius 1 is 1.23 bits per heavy atom. The molecule has 3 rings (SSSR count). The highest BCUT2D eigenvalue weighted by Crippen LogP contribution is 2.44. The molecule has 4 heteroatoms. The molecule has 0 saturated heterocycles. The van der Waals surface area contributed by atoms with Gasteiger partial charge in [0, 0.05) is 0 Å². The van der Waals surface area contributed by atoms with E-state index in [1.807, 2.05) is 18.2 Å². The number of carbonyl (C=O) groups excluding carboxylic acids is 1. The number of nitrogens with one attached hydrogen (secondary N) is 1. The molecule has 0 bridgehead atoms. The summed E-state index contributed by atoms with van der Waals surface area (Å²) in [5.74, 6) is 0.600. The van der Waals surface area contributed by atoms with Crippen molar-refractivity contribution in [2.24, 2.45) is 5.41 Å². The molecule has 0 aliphatic heterocycles. The number of amides is 1. The summed E-state index contributed by atoms with van der Waals surface area (Å²) in [6.45, 7) is -0.166. The summed E-state index contributed by atoms with van der Waals surface area (Å²) < 4.78 is 5.30. The molecule has 1 aromatic carbocycles. The maximum Gasteiger partial charge on any atom is 0.227 e. The standard InChI is InChI=1S/C18H21NO3/c20-13-15(16-8-4-11-22-16)19-17(21)18(9-5-10-18)12-14-6-2-1-3-7-14/h1-4,6-8,11,15,20H,5,9-10,12-13H2,(H,19,21). The van der Waals surface area contributed by atoms with E-state index in [0.29, 0.717) is 5.76 Å². The average Bonchev–Trinajstić information content (AvgIpc) is 3.03. The van der Waals surface area contributed by atoms with Crippen LogP contribution in [0.3, 0.4) is 0 Å². The average molecular weight is 299 g/mol. The maximum atomic E-state index is 12.8. The summed E-state index contributed by atoms with van der Waals surface area (Å²) >= 11 is 0. The lowest BCUT2D eigenvalue weighted by Gasteiger charge is -2.41. The Hall–Kier alpha value is -2.07. The highest BCUT2D eigenvalue weighted by molar-refractivity contribution is 5.84. The Kier molecular flexibility index (Phi) is 4.29. The lowest BCUT2D eigenvalue weighted by atomic mass is 9.64. The van der Waals surface area contributed by atoms with Gasteiger partial charge in [0.15, 0.2) is 0 Å². The third kappa shape index (κ3) is 2.92. The normalized spacial score (nSPS) is 17.5. The molecule has 4 nitrogen and oxygen atoms in total. The Morgan fingerprint density at radius 3 is 2.55 bits per heavy atom. The van der Waals surface area contributed by atoms with E-state index >= 15 is 0 Å². The predicted molar refractivity (Wildman–Crippen MR) is 83.1 cm³/mol. The third-order valence-electron chi connectivity index (χ3n) is 4.55. The Bertz CT molecular complexity index is 603. The molecule has 0 spiro atoms. The largest absolute Gasteiger partial charge is 0.467 e. The molecule has 1 amide bonds. The fourth-order valence-electron chi connectivity index (χ4n) is 3.08. The molecule has 22 heavy (non-hydrogen) atoms. The highest BCUT2D eigenvalue weighted by Gasteiger charge is 2.44. The quantitative estimate of drug-likeness (QED) is 0.862. The van der Waals surface area contributed by atoms with Crippen molar-refractivity contribution in [2.45, 2.75) is 31.7 Å². The van der Waals surface area contributed by atoms with Crippen LogP contribution >= 0.6 is 0 Å². The van der Waals surface area contributed by atoms with Gasteiger partial charge in [0.25, 0.3) is 0 Å². The van der Waals surface area contributed by atoms with Crippen molar-refractivity contribution >= 4 is 5.91 Å². The van der Waals surface area contributed by atoms with Gasteiger partial charge in [-0.1, -0.05) is 36.8 Å². The number of hydrogen-bond donors (Lipinski definition) is 2. The van der Waals surface area contributed by atoms with Gasteiger partial charge in [0.2, 0.25) is 5.91 Å². The molecule has 1 heterocycles. The predicted octanol–water partition coefficient (Wildman–Crippen LogP) is 2.84. The summed E-state index contributed by atoms with van der Waals surface area (Å²) in [4.78, 5) is 12.8. The molecule has 116 valence electrons. The molecule has 1 unspecified atom stereocenters. The van der Waals surface area contributed by atoms with Crippen LogP contribution in [-0.2, 0) is 11.2 Å². The number of carbonyl (C=O) groups is 1. The molecule has 1 aromatic heterocycles. The summed E-state index contributed by atoms with van der Waals surface area (Å²) in [5.41, 5.74) is 0.831. The van der Waals surface area contributed by atoms with E-state index in [-0.39, 0.29) is 17.9 Å². The van der Waals surface area contributed by atoms with Gasteiger partial charge in [0.05, 0.1) is 18.3 Å². The van der Waals surface area contributed by atoms with Crippen LogP contribution in [0.4, 0.5) is 0 Å². The van der Waals surface area contributed by atoms with Gasteiger partial charge in [-0.3, -0.25) is 4.79 Å². The minimum atomic E-state index is -0.476. The second kappa shape index (κ2) is 6.36. The molecule has 1 aliphatic carbocycles. The van der Waals surface area contributed by atoms with Crippen molar-refractivity contribution < 1.29 is 14.3 Å². The fraction of sp³-hybridized carbons (Fsp3) is 0.389. The fourth-order valence-corrected chi connectivity index (χ4v) is 3.08. The lowest BCUT2D eigenvalue weighted by molar-refractivity contribution is -0.137. The zero-order valence-corrected chi connectivity index (χ0v) is 12.5. The van der Waals surface area contributed by atoms with Gasteiger partial charge in [0.1, 0.15) is 11.8 Å². The van der Waals surface area contributed by atoms with Crippen molar-refractivity contribution in [3.63, 3.8) is 0 Å². The number of aliphatic hydroxyl groups excluding tert-OH is 1. The van der Waals surface area contributed by atoms with E-state index < -0.39 is 6.04 Å². The van der Waals surface area contributed by atoms with Gasteiger partial charge in [-0.2, -0.15) is 0 Å². The van der Waals surface area contributed by atoms with Crippen molar-refractivity contribution in [2.75, 3.05) is 6.61 Å². The zero-order valence-electron chi connectivity index (χ0n) is 12.5. The summed E-state index contributed by atoms with van der Waals surface area (Å²) in [6.07, 6.45) is 5.15. The van der Waals surface area contributed by atoms with E-state index in [9.17, 15) is 9.90 Å². The number of aliphatic hydroxyl groups is 1. The van der Waals surface area contributed by atoms with Gasteiger partial charge in [-0.15, -0.1) is 0 Å². The molecule has 1 atom stereocenters. The molecule has 2 aromatic rings. The number of rotatable bonds is 6. The SMILES string of the molecule is O=C(NC(CO)c1ccco1)C1(Cc2ccccc2)CCC1. The highest BCUT2D eigenvalue weighted by atomic mass is 16.3. The van der Waals surface area contributed by atoms with Crippen LogP contribution in [0.2, 0.25) is 0 Å². The number of hydrogen-bond acceptors (Lipinski definition) is 3. The summed E-state index contributed by atoms with van der Waals surface area (Å²) in [6, 6.07) is 13.1. The second-order valence-electron chi connectivity index (χ2n) is 6.02. The van der Waals surface area contributed by atoms with Crippen molar-refractivity contribution in [1.29, 1.82) is 0 Å². The van der Waals surface area contributed by atoms with Crippen LogP contribution in [0.1, 0.15) is 36.6 Å². The minimum absolute atomic E-state index is 0.0121. The number of benzene rings is 1. The Morgan fingerprint density at radius 2 is 2.00 bits per heavy atom. The van der Waals surface area contributed by atoms with Gasteiger partial charge >= 0.3 is 0 Å². The van der Waals surface area contributed by atoms with Crippen LogP contribution in [0.15, 0.2) is 53.1 Å². The first-order valence-corrected chi connectivity index (χ1v) is 7.73. The second-order valence-corrected chi connectivity index (χ2v) is 6.02. The smallest absolute Gasteiger partial charge is 0.227 e. The van der Waals surface area contributed by atoms with Crippen molar-refractivity contribution in [1.82, 2.24) is 5.32 Å². The topological polar surface area (TPSA) is 62.5 Å². The van der Waals surface area contributed by atoms with Crippen LogP contribution < -0.4 is 5.32 Å². The van der Waals surface area contributed by atoms with Crippen molar-refractivity contribution in [3.05, 3.63) is 60.1 Å². The van der Waals surface area contributed by atoms with E-state index in [1.54, 1.807) is 18.4 Å². The Labute approximate surface area is 130 Å². The molecular weight excluding hydrogens is 278 g/mol. The van der Waals surface area contributed by atoms with E-state index in [2.05, 4.69) is 17.4 Å². The molecule has 0 radical (unpaired) electrons. The number of furan rings is 1. The summed E-state index contributed by atoms with van der Waals surface area (Å²) in [7, 11) is 0. The zero-order chi connectivity index (χ0) is 15.4. The molecule has 1 fully saturated rings. The van der Waals surface area contributed by atoms with E-state index in [0.717, 1.165) is 25.7 Å². The molecular formula is C18H21NO3. The molecule has 2 N–H and O–H groups in total. The summed E-state index contributed by atoms with van der Waals surface area (Å²) in [5, 5.41) is 12.5. The van der Waals surface area contributed by atoms with E-state index in [1.165, 1.54) is 5.56 Å². The van der Waals surface area contributed by atoms with Crippen LogP contribution in [0.25, 0.3) is 0 Å². The van der Waals surface area contributed by atoms with Gasteiger partial charge < -0.3 is 14.8 Å². The molecule has 1 saturated carbocycles. The lowest BCUT2D eigenvalue weighted by Crippen LogP contribution is -2.48. The monoisotopic (exact) mass is 299 g/mol. The van der Waals surface area contributed by atoms with Crippen LogP contribution in [0, 0.1) is 5.41 Å². The first-order chi connectivity index (χ1) is 10.7. The molecule has 1 aliphatic rings. The maximum absolute atomic E-state index is 12.8. The van der Waals surface area contributed by atoms with Crippen LogP contribution in [0.5, 0.6) is 0 Å². The third-order valence-corrected chi connectivity index (χ3v) is 4.55. The van der Waals surface area contributed by atoms with Gasteiger partial charge in [-0.25, -0.2) is 0 Å². The first kappa shape index (κ1) is 14.9. The van der Waals surface area contributed by atoms with Crippen molar-refractivity contribution in [3.8, 4) is 0 Å². The van der Waals surface area contributed by atoms with E-state index in [4.69, 9.17) is 4.42 Å². The minimum Gasteiger partial charge on any atom is -0.467 e.